The molecular weight excluding hydrogens is 335 g/mol. The largest absolute Gasteiger partial charge is 0.301 e. The first kappa shape index (κ1) is 11.7. The van der Waals surface area contributed by atoms with Crippen LogP contribution in [0.3, 0.4) is 0 Å². The number of aromatic nitrogens is 2. The Balaban J connectivity index is 2.51. The summed E-state index contributed by atoms with van der Waals surface area (Å²) in [5.74, 6) is 0. The molecule has 0 saturated carbocycles. The smallest absolute Gasteiger partial charge is 0.252 e. The quantitative estimate of drug-likeness (QED) is 0.518. The molecule has 0 saturated heterocycles. The molecule has 0 bridgehead atoms. The van der Waals surface area contributed by atoms with E-state index in [0.717, 1.165) is 9.13 Å². The lowest BCUT2D eigenvalue weighted by atomic mass is 10.1. The number of hydrogen-bond donors (Lipinski definition) is 1. The molecular formula is C11H9IN2OS. The fraction of sp³-hybridized carbons (Fsp3) is 0.0909. The molecule has 0 atom stereocenters. The van der Waals surface area contributed by atoms with Crippen LogP contribution in [0, 0.1) is 3.57 Å². The molecule has 1 aromatic heterocycles. The van der Waals surface area contributed by atoms with E-state index in [1.165, 1.54) is 17.8 Å². The highest BCUT2D eigenvalue weighted by molar-refractivity contribution is 14.1. The van der Waals surface area contributed by atoms with Gasteiger partial charge in [0, 0.05) is 15.2 Å². The van der Waals surface area contributed by atoms with Crippen molar-refractivity contribution in [2.75, 3.05) is 6.26 Å². The predicted octanol–water partition coefficient (Wildman–Crippen LogP) is 2.76. The van der Waals surface area contributed by atoms with Crippen LogP contribution in [0.5, 0.6) is 0 Å². The van der Waals surface area contributed by atoms with Crippen LogP contribution in [0.15, 0.2) is 40.3 Å². The Morgan fingerprint density at radius 3 is 2.62 bits per heavy atom. The van der Waals surface area contributed by atoms with Gasteiger partial charge in [0.1, 0.15) is 0 Å². The molecule has 0 radical (unpaired) electrons. The molecule has 82 valence electrons. The van der Waals surface area contributed by atoms with Gasteiger partial charge in [-0.25, -0.2) is 4.98 Å². The van der Waals surface area contributed by atoms with Gasteiger partial charge in [-0.05, 0) is 41.0 Å². The van der Waals surface area contributed by atoms with E-state index in [0.29, 0.717) is 10.9 Å². The SMILES string of the molecule is CSc1nc(-c2ccc(I)cc2)cc(=O)[nH]1. The first-order valence-corrected chi connectivity index (χ1v) is 6.90. The van der Waals surface area contributed by atoms with Gasteiger partial charge in [0.2, 0.25) is 0 Å². The molecule has 0 aliphatic rings. The molecule has 0 unspecified atom stereocenters. The molecule has 0 amide bonds. The van der Waals surface area contributed by atoms with Crippen LogP contribution in [-0.2, 0) is 0 Å². The van der Waals surface area contributed by atoms with E-state index in [9.17, 15) is 4.79 Å². The minimum atomic E-state index is -0.118. The maximum atomic E-state index is 11.4. The average molecular weight is 344 g/mol. The molecule has 0 fully saturated rings. The van der Waals surface area contributed by atoms with Crippen LogP contribution in [-0.4, -0.2) is 16.2 Å². The Morgan fingerprint density at radius 2 is 2.00 bits per heavy atom. The van der Waals surface area contributed by atoms with Crippen LogP contribution >= 0.6 is 34.4 Å². The number of H-pyrrole nitrogens is 1. The fourth-order valence-corrected chi connectivity index (χ4v) is 2.05. The van der Waals surface area contributed by atoms with E-state index in [4.69, 9.17) is 0 Å². The molecule has 2 rings (SSSR count). The van der Waals surface area contributed by atoms with E-state index in [-0.39, 0.29) is 5.56 Å². The van der Waals surface area contributed by atoms with E-state index >= 15 is 0 Å². The fourth-order valence-electron chi connectivity index (χ4n) is 1.30. The molecule has 16 heavy (non-hydrogen) atoms. The Kier molecular flexibility index (Phi) is 3.65. The maximum Gasteiger partial charge on any atom is 0.252 e. The number of aromatic amines is 1. The monoisotopic (exact) mass is 344 g/mol. The highest BCUT2D eigenvalue weighted by Gasteiger charge is 2.02. The average Bonchev–Trinajstić information content (AvgIpc) is 2.29. The van der Waals surface area contributed by atoms with Crippen molar-refractivity contribution in [3.8, 4) is 11.3 Å². The third-order valence-electron chi connectivity index (χ3n) is 2.05. The van der Waals surface area contributed by atoms with Gasteiger partial charge in [-0.1, -0.05) is 23.9 Å². The molecule has 0 aliphatic heterocycles. The number of nitrogens with one attached hydrogen (secondary N) is 1. The minimum absolute atomic E-state index is 0.118. The Bertz CT molecular complexity index is 551. The molecule has 5 heteroatoms. The summed E-state index contributed by atoms with van der Waals surface area (Å²) in [5, 5.41) is 0.640. The van der Waals surface area contributed by atoms with Crippen LogP contribution in [0.25, 0.3) is 11.3 Å². The summed E-state index contributed by atoms with van der Waals surface area (Å²) in [7, 11) is 0. The third kappa shape index (κ3) is 2.65. The van der Waals surface area contributed by atoms with Crippen molar-refractivity contribution in [3.63, 3.8) is 0 Å². The van der Waals surface area contributed by atoms with Gasteiger partial charge in [-0.15, -0.1) is 0 Å². The van der Waals surface area contributed by atoms with Crippen molar-refractivity contribution in [2.45, 2.75) is 5.16 Å². The summed E-state index contributed by atoms with van der Waals surface area (Å²) in [6, 6.07) is 9.44. The van der Waals surface area contributed by atoms with Crippen LogP contribution in [0.2, 0.25) is 0 Å². The molecule has 2 aromatic rings. The van der Waals surface area contributed by atoms with Gasteiger partial charge in [-0.3, -0.25) is 4.79 Å². The van der Waals surface area contributed by atoms with E-state index in [1.807, 2.05) is 30.5 Å². The summed E-state index contributed by atoms with van der Waals surface area (Å²) in [6.07, 6.45) is 1.88. The first-order valence-electron chi connectivity index (χ1n) is 4.60. The zero-order valence-electron chi connectivity index (χ0n) is 8.53. The van der Waals surface area contributed by atoms with Gasteiger partial charge < -0.3 is 4.98 Å². The summed E-state index contributed by atoms with van der Waals surface area (Å²) in [6.45, 7) is 0. The van der Waals surface area contributed by atoms with E-state index < -0.39 is 0 Å². The highest BCUT2D eigenvalue weighted by Crippen LogP contribution is 2.18. The number of rotatable bonds is 2. The van der Waals surface area contributed by atoms with Crippen molar-refractivity contribution >= 4 is 34.4 Å². The Hall–Kier alpha value is -0.820. The summed E-state index contributed by atoms with van der Waals surface area (Å²) in [4.78, 5) is 18.4. The van der Waals surface area contributed by atoms with Crippen LogP contribution in [0.1, 0.15) is 0 Å². The second kappa shape index (κ2) is 5.01. The first-order chi connectivity index (χ1) is 7.69. The number of benzene rings is 1. The number of nitrogens with zero attached hydrogens (tertiary/aromatic N) is 1. The second-order valence-corrected chi connectivity index (χ2v) is 5.19. The normalized spacial score (nSPS) is 10.4. The summed E-state index contributed by atoms with van der Waals surface area (Å²) >= 11 is 3.67. The lowest BCUT2D eigenvalue weighted by Crippen LogP contribution is -2.07. The molecule has 0 spiro atoms. The topological polar surface area (TPSA) is 45.8 Å². The minimum Gasteiger partial charge on any atom is -0.301 e. The second-order valence-electron chi connectivity index (χ2n) is 3.15. The number of thioether (sulfide) groups is 1. The van der Waals surface area contributed by atoms with Gasteiger partial charge in [0.15, 0.2) is 5.16 Å². The third-order valence-corrected chi connectivity index (χ3v) is 3.35. The summed E-state index contributed by atoms with van der Waals surface area (Å²) in [5.41, 5.74) is 1.55. The zero-order valence-corrected chi connectivity index (χ0v) is 11.5. The number of hydrogen-bond acceptors (Lipinski definition) is 3. The van der Waals surface area contributed by atoms with Crippen LogP contribution in [0.4, 0.5) is 0 Å². The molecule has 3 nitrogen and oxygen atoms in total. The van der Waals surface area contributed by atoms with Gasteiger partial charge >= 0.3 is 0 Å². The molecule has 1 heterocycles. The Labute approximate surface area is 111 Å². The zero-order chi connectivity index (χ0) is 11.5. The van der Waals surface area contributed by atoms with E-state index in [1.54, 1.807) is 0 Å². The molecule has 1 aromatic carbocycles. The van der Waals surface area contributed by atoms with Crippen LogP contribution < -0.4 is 5.56 Å². The van der Waals surface area contributed by atoms with Crippen molar-refractivity contribution in [1.82, 2.24) is 9.97 Å². The highest BCUT2D eigenvalue weighted by atomic mass is 127. The van der Waals surface area contributed by atoms with E-state index in [2.05, 4.69) is 32.6 Å². The van der Waals surface area contributed by atoms with Gasteiger partial charge in [0.25, 0.3) is 5.56 Å². The van der Waals surface area contributed by atoms with Gasteiger partial charge in [0.05, 0.1) is 5.69 Å². The van der Waals surface area contributed by atoms with Crippen molar-refractivity contribution in [1.29, 1.82) is 0 Å². The standard InChI is InChI=1S/C11H9IN2OS/c1-16-11-13-9(6-10(15)14-11)7-2-4-8(12)5-3-7/h2-6H,1H3,(H,13,14,15). The molecule has 1 N–H and O–H groups in total. The van der Waals surface area contributed by atoms with Crippen molar-refractivity contribution in [3.05, 3.63) is 44.3 Å². The maximum absolute atomic E-state index is 11.4. The lowest BCUT2D eigenvalue weighted by Gasteiger charge is -2.02. The van der Waals surface area contributed by atoms with Gasteiger partial charge in [-0.2, -0.15) is 0 Å². The Morgan fingerprint density at radius 1 is 1.31 bits per heavy atom. The predicted molar refractivity (Wildman–Crippen MR) is 74.8 cm³/mol. The number of halogens is 1. The lowest BCUT2D eigenvalue weighted by molar-refractivity contribution is 0.945. The van der Waals surface area contributed by atoms with Crippen molar-refractivity contribution < 1.29 is 0 Å². The van der Waals surface area contributed by atoms with Crippen molar-refractivity contribution in [2.24, 2.45) is 0 Å². The molecule has 0 aliphatic carbocycles. The summed E-state index contributed by atoms with van der Waals surface area (Å²) < 4.78 is 1.16.